The first-order valence-electron chi connectivity index (χ1n) is 3.81. The summed E-state index contributed by atoms with van der Waals surface area (Å²) in [7, 11) is 1.60. The minimum atomic E-state index is 0.111. The number of ether oxygens (including phenoxy) is 1. The van der Waals surface area contributed by atoms with Gasteiger partial charge in [-0.15, -0.1) is 0 Å². The van der Waals surface area contributed by atoms with Crippen LogP contribution in [0.3, 0.4) is 0 Å². The molecule has 0 spiro atoms. The Hall–Kier alpha value is -1.22. The standard InChI is InChI=1S/C9H13NO2/c1-12-9-3-2-8(10)6-7(9)4-5-11/h2-3,6,11H,4-5,10H2,1H3. The van der Waals surface area contributed by atoms with E-state index in [-0.39, 0.29) is 6.61 Å². The minimum absolute atomic E-state index is 0.111. The van der Waals surface area contributed by atoms with E-state index in [1.807, 2.05) is 6.07 Å². The fourth-order valence-corrected chi connectivity index (χ4v) is 1.11. The van der Waals surface area contributed by atoms with Crippen LogP contribution in [0.5, 0.6) is 5.75 Å². The first-order valence-corrected chi connectivity index (χ1v) is 3.81. The van der Waals surface area contributed by atoms with Crippen LogP contribution in [-0.2, 0) is 6.42 Å². The highest BCUT2D eigenvalue weighted by molar-refractivity contribution is 5.47. The van der Waals surface area contributed by atoms with Crippen LogP contribution in [0.1, 0.15) is 5.56 Å². The fourth-order valence-electron chi connectivity index (χ4n) is 1.11. The van der Waals surface area contributed by atoms with E-state index in [0.29, 0.717) is 12.1 Å². The molecular weight excluding hydrogens is 154 g/mol. The van der Waals surface area contributed by atoms with Gasteiger partial charge in [0.05, 0.1) is 7.11 Å². The first kappa shape index (κ1) is 8.87. The summed E-state index contributed by atoms with van der Waals surface area (Å²) < 4.78 is 5.09. The smallest absolute Gasteiger partial charge is 0.122 e. The van der Waals surface area contributed by atoms with Crippen LogP contribution in [0, 0.1) is 0 Å². The van der Waals surface area contributed by atoms with E-state index >= 15 is 0 Å². The largest absolute Gasteiger partial charge is 0.496 e. The summed E-state index contributed by atoms with van der Waals surface area (Å²) in [6.45, 7) is 0.111. The minimum Gasteiger partial charge on any atom is -0.496 e. The number of hydrogen-bond donors (Lipinski definition) is 2. The molecule has 3 N–H and O–H groups in total. The number of aliphatic hydroxyl groups excluding tert-OH is 1. The highest BCUT2D eigenvalue weighted by atomic mass is 16.5. The molecule has 0 aliphatic heterocycles. The Morgan fingerprint density at radius 1 is 1.50 bits per heavy atom. The lowest BCUT2D eigenvalue weighted by Gasteiger charge is -2.07. The predicted octanol–water partition coefficient (Wildman–Crippen LogP) is 0.812. The molecule has 1 rings (SSSR count). The zero-order chi connectivity index (χ0) is 8.97. The van der Waals surface area contributed by atoms with E-state index < -0.39 is 0 Å². The average molecular weight is 167 g/mol. The highest BCUT2D eigenvalue weighted by Gasteiger charge is 2.01. The van der Waals surface area contributed by atoms with E-state index in [0.717, 1.165) is 11.3 Å². The van der Waals surface area contributed by atoms with Crippen molar-refractivity contribution in [3.8, 4) is 5.75 Å². The Balaban J connectivity index is 2.95. The zero-order valence-corrected chi connectivity index (χ0v) is 7.08. The van der Waals surface area contributed by atoms with E-state index in [1.165, 1.54) is 0 Å². The van der Waals surface area contributed by atoms with Gasteiger partial charge in [0.15, 0.2) is 0 Å². The summed E-state index contributed by atoms with van der Waals surface area (Å²) in [5.41, 5.74) is 7.21. The summed E-state index contributed by atoms with van der Waals surface area (Å²) in [6, 6.07) is 5.40. The number of benzene rings is 1. The van der Waals surface area contributed by atoms with Crippen molar-refractivity contribution in [3.05, 3.63) is 23.8 Å². The molecule has 0 atom stereocenters. The van der Waals surface area contributed by atoms with Gasteiger partial charge in [0.2, 0.25) is 0 Å². The molecule has 0 aromatic heterocycles. The Morgan fingerprint density at radius 2 is 2.25 bits per heavy atom. The molecule has 0 aliphatic rings. The second-order valence-electron chi connectivity index (χ2n) is 2.54. The van der Waals surface area contributed by atoms with Crippen molar-refractivity contribution in [3.63, 3.8) is 0 Å². The molecule has 0 amide bonds. The van der Waals surface area contributed by atoms with Crippen LogP contribution >= 0.6 is 0 Å². The number of nitrogens with two attached hydrogens (primary N) is 1. The van der Waals surface area contributed by atoms with Gasteiger partial charge in [-0.05, 0) is 30.2 Å². The second kappa shape index (κ2) is 3.97. The van der Waals surface area contributed by atoms with Gasteiger partial charge in [-0.2, -0.15) is 0 Å². The summed E-state index contributed by atoms with van der Waals surface area (Å²) >= 11 is 0. The summed E-state index contributed by atoms with van der Waals surface area (Å²) in [5.74, 6) is 0.776. The summed E-state index contributed by atoms with van der Waals surface area (Å²) in [6.07, 6.45) is 0.578. The van der Waals surface area contributed by atoms with Gasteiger partial charge in [-0.25, -0.2) is 0 Å². The van der Waals surface area contributed by atoms with Gasteiger partial charge in [0.1, 0.15) is 5.75 Å². The first-order chi connectivity index (χ1) is 5.77. The highest BCUT2D eigenvalue weighted by Crippen LogP contribution is 2.20. The van der Waals surface area contributed by atoms with Crippen molar-refractivity contribution in [2.75, 3.05) is 19.5 Å². The molecule has 3 heteroatoms. The number of hydrogen-bond acceptors (Lipinski definition) is 3. The number of rotatable bonds is 3. The Kier molecular flexibility index (Phi) is 2.94. The van der Waals surface area contributed by atoms with Crippen LogP contribution in [0.2, 0.25) is 0 Å². The number of nitrogen functional groups attached to an aromatic ring is 1. The lowest BCUT2D eigenvalue weighted by Crippen LogP contribution is -1.97. The topological polar surface area (TPSA) is 55.5 Å². The lowest BCUT2D eigenvalue weighted by atomic mass is 10.1. The Morgan fingerprint density at radius 3 is 2.83 bits per heavy atom. The number of aliphatic hydroxyl groups is 1. The van der Waals surface area contributed by atoms with E-state index in [2.05, 4.69) is 0 Å². The molecule has 66 valence electrons. The molecule has 1 aromatic carbocycles. The normalized spacial score (nSPS) is 9.83. The Labute approximate surface area is 71.8 Å². The van der Waals surface area contributed by atoms with Crippen molar-refractivity contribution in [2.24, 2.45) is 0 Å². The van der Waals surface area contributed by atoms with Crippen LogP contribution in [0.4, 0.5) is 5.69 Å². The third-order valence-electron chi connectivity index (χ3n) is 1.69. The van der Waals surface area contributed by atoms with Gasteiger partial charge >= 0.3 is 0 Å². The molecule has 3 nitrogen and oxygen atoms in total. The van der Waals surface area contributed by atoms with Gasteiger partial charge in [-0.1, -0.05) is 0 Å². The van der Waals surface area contributed by atoms with Crippen LogP contribution in [-0.4, -0.2) is 18.8 Å². The fraction of sp³-hybridized carbons (Fsp3) is 0.333. The number of methoxy groups -OCH3 is 1. The second-order valence-corrected chi connectivity index (χ2v) is 2.54. The zero-order valence-electron chi connectivity index (χ0n) is 7.08. The summed E-state index contributed by atoms with van der Waals surface area (Å²) in [5, 5.41) is 8.73. The van der Waals surface area contributed by atoms with Gasteiger partial charge < -0.3 is 15.6 Å². The van der Waals surface area contributed by atoms with E-state index in [1.54, 1.807) is 19.2 Å². The van der Waals surface area contributed by atoms with E-state index in [4.69, 9.17) is 15.6 Å². The Bertz CT molecular complexity index is 261. The van der Waals surface area contributed by atoms with Crippen LogP contribution in [0.25, 0.3) is 0 Å². The molecule has 0 heterocycles. The molecule has 0 unspecified atom stereocenters. The lowest BCUT2D eigenvalue weighted by molar-refractivity contribution is 0.297. The van der Waals surface area contributed by atoms with Gasteiger partial charge in [-0.3, -0.25) is 0 Å². The quantitative estimate of drug-likeness (QED) is 0.655. The molecular formula is C9H13NO2. The maximum atomic E-state index is 8.73. The average Bonchev–Trinajstić information content (AvgIpc) is 2.05. The van der Waals surface area contributed by atoms with Crippen molar-refractivity contribution >= 4 is 5.69 Å². The molecule has 0 aliphatic carbocycles. The maximum absolute atomic E-state index is 8.73. The summed E-state index contributed by atoms with van der Waals surface area (Å²) in [4.78, 5) is 0. The van der Waals surface area contributed by atoms with Crippen molar-refractivity contribution in [2.45, 2.75) is 6.42 Å². The third-order valence-corrected chi connectivity index (χ3v) is 1.69. The molecule has 12 heavy (non-hydrogen) atoms. The van der Waals surface area contributed by atoms with Crippen LogP contribution in [0.15, 0.2) is 18.2 Å². The van der Waals surface area contributed by atoms with Crippen LogP contribution < -0.4 is 10.5 Å². The van der Waals surface area contributed by atoms with Crippen molar-refractivity contribution < 1.29 is 9.84 Å². The monoisotopic (exact) mass is 167 g/mol. The van der Waals surface area contributed by atoms with E-state index in [9.17, 15) is 0 Å². The SMILES string of the molecule is COc1ccc(N)cc1CCO. The molecule has 0 fully saturated rings. The maximum Gasteiger partial charge on any atom is 0.122 e. The third kappa shape index (κ3) is 1.89. The molecule has 1 aromatic rings. The number of anilines is 1. The molecule has 0 radical (unpaired) electrons. The molecule has 0 saturated carbocycles. The molecule has 0 bridgehead atoms. The predicted molar refractivity (Wildman–Crippen MR) is 48.2 cm³/mol. The van der Waals surface area contributed by atoms with Crippen molar-refractivity contribution in [1.82, 2.24) is 0 Å². The van der Waals surface area contributed by atoms with Gasteiger partial charge in [0.25, 0.3) is 0 Å². The molecule has 0 saturated heterocycles. The van der Waals surface area contributed by atoms with Gasteiger partial charge in [0, 0.05) is 12.3 Å². The van der Waals surface area contributed by atoms with Crippen molar-refractivity contribution in [1.29, 1.82) is 0 Å².